The van der Waals surface area contributed by atoms with Crippen LogP contribution < -0.4 is 26.0 Å². The van der Waals surface area contributed by atoms with Crippen molar-refractivity contribution in [3.05, 3.63) is 102 Å². The number of carbonyl (C=O) groups is 6. The minimum Gasteiger partial charge on any atom is -0.482 e. The van der Waals surface area contributed by atoms with Gasteiger partial charge in [0.25, 0.3) is 0 Å². The molecule has 0 spiro atoms. The summed E-state index contributed by atoms with van der Waals surface area (Å²) in [4.78, 5) is 85.7. The lowest BCUT2D eigenvalue weighted by molar-refractivity contribution is -0.166. The van der Waals surface area contributed by atoms with Crippen molar-refractivity contribution >= 4 is 58.0 Å². The van der Waals surface area contributed by atoms with E-state index in [1.807, 2.05) is 116 Å². The van der Waals surface area contributed by atoms with E-state index in [4.69, 9.17) is 20.6 Å². The van der Waals surface area contributed by atoms with E-state index in [0.29, 0.717) is 44.0 Å². The average molecular weight is 1010 g/mol. The first-order chi connectivity index (χ1) is 31.1. The minimum absolute atomic E-state index is 0.0488. The van der Waals surface area contributed by atoms with Crippen LogP contribution in [0.25, 0.3) is 0 Å². The number of rotatable bonds is 25. The molecule has 15 heteroatoms. The maximum atomic E-state index is 14.4. The van der Waals surface area contributed by atoms with Crippen molar-refractivity contribution in [2.24, 2.45) is 11.8 Å². The Morgan fingerprint density at radius 2 is 1.28 bits per heavy atom. The number of aryl methyl sites for hydroxylation is 1. The number of carbonyl (C=O) groups excluding carboxylic acids is 6. The van der Waals surface area contributed by atoms with Gasteiger partial charge in [-0.05, 0) is 79.8 Å². The first kappa shape index (κ1) is 52.3. The highest BCUT2D eigenvalue weighted by Gasteiger charge is 2.42. The van der Waals surface area contributed by atoms with Gasteiger partial charge in [-0.1, -0.05) is 117 Å². The van der Waals surface area contributed by atoms with Crippen molar-refractivity contribution in [3.63, 3.8) is 0 Å². The SMILES string of the molecule is C#Cc1ccc(OCC(=O)O[C@](C)(CI)C(=O)[C@H](CC(C)C)NC(=O)[C@H](Cc2ccccc2)NC(=O)[C@H](CC(C)C)NC(=O)[C@H](CCc2ccccc2)NC(=O)CN2CCOCC2)cc1. The van der Waals surface area contributed by atoms with Crippen molar-refractivity contribution in [1.82, 2.24) is 26.2 Å². The van der Waals surface area contributed by atoms with Gasteiger partial charge in [-0.3, -0.25) is 28.9 Å². The number of ether oxygens (including phenoxy) is 3. The summed E-state index contributed by atoms with van der Waals surface area (Å²) in [5.74, 6) is -0.579. The van der Waals surface area contributed by atoms with Crippen LogP contribution in [0.3, 0.4) is 0 Å². The van der Waals surface area contributed by atoms with Gasteiger partial charge >= 0.3 is 5.97 Å². The van der Waals surface area contributed by atoms with E-state index in [2.05, 4.69) is 27.2 Å². The Labute approximate surface area is 397 Å². The summed E-state index contributed by atoms with van der Waals surface area (Å²) >= 11 is 1.97. The van der Waals surface area contributed by atoms with Gasteiger partial charge in [-0.2, -0.15) is 0 Å². The number of morpholine rings is 1. The number of amides is 4. The zero-order valence-electron chi connectivity index (χ0n) is 38.1. The standard InChI is InChI=1S/C50H64IN5O9/c1-7-36-18-21-39(22-19-36)64-32-45(58)65-50(6,33-51)46(59)41(28-34(2)3)53-49(62)43(30-38-16-12-9-13-17-38)55-48(61)42(29-35(4)5)54-47(60)40(23-20-37-14-10-8-11-15-37)52-44(57)31-56-24-26-63-27-25-56/h1,8-19,21-22,34-35,40-43H,20,23-33H2,2-6H3,(H,52,57)(H,53,62)(H,54,60)(H,55,61)/t40-,41-,42-,43-,50+/m0/s1. The van der Waals surface area contributed by atoms with Crippen molar-refractivity contribution < 1.29 is 43.0 Å². The Bertz CT molecular complexity index is 2060. The Morgan fingerprint density at radius 3 is 1.86 bits per heavy atom. The first-order valence-electron chi connectivity index (χ1n) is 22.2. The lowest BCUT2D eigenvalue weighted by atomic mass is 9.90. The normalized spacial score (nSPS) is 15.6. The van der Waals surface area contributed by atoms with Crippen LogP contribution in [0, 0.1) is 24.2 Å². The van der Waals surface area contributed by atoms with E-state index >= 15 is 0 Å². The van der Waals surface area contributed by atoms with Crippen molar-refractivity contribution in [3.8, 4) is 18.1 Å². The Morgan fingerprint density at radius 1 is 0.738 bits per heavy atom. The number of alkyl halides is 1. The maximum absolute atomic E-state index is 14.4. The molecule has 1 heterocycles. The quantitative estimate of drug-likeness (QED) is 0.0406. The molecule has 0 aliphatic carbocycles. The molecule has 14 nitrogen and oxygen atoms in total. The summed E-state index contributed by atoms with van der Waals surface area (Å²) in [7, 11) is 0. The Hall–Kier alpha value is -5.31. The van der Waals surface area contributed by atoms with Crippen LogP contribution in [0.1, 0.15) is 70.6 Å². The number of halogens is 1. The monoisotopic (exact) mass is 1010 g/mol. The number of nitrogens with one attached hydrogen (secondary N) is 4. The number of hydrogen-bond acceptors (Lipinski definition) is 10. The van der Waals surface area contributed by atoms with Crippen LogP contribution in [-0.2, 0) is 51.1 Å². The molecule has 350 valence electrons. The minimum atomic E-state index is -1.64. The van der Waals surface area contributed by atoms with Gasteiger partial charge < -0.3 is 35.5 Å². The smallest absolute Gasteiger partial charge is 0.345 e. The lowest BCUT2D eigenvalue weighted by Crippen LogP contribution is -2.60. The molecule has 0 radical (unpaired) electrons. The molecule has 3 aromatic rings. The molecule has 0 saturated carbocycles. The van der Waals surface area contributed by atoms with Gasteiger partial charge in [0.05, 0.1) is 25.8 Å². The second kappa shape index (κ2) is 26.6. The number of terminal acetylenes is 1. The summed E-state index contributed by atoms with van der Waals surface area (Å²) in [6.45, 7) is 11.0. The Kier molecular flexibility index (Phi) is 21.4. The van der Waals surface area contributed by atoms with Gasteiger partial charge in [0.2, 0.25) is 23.6 Å². The van der Waals surface area contributed by atoms with E-state index in [1.165, 1.54) is 6.92 Å². The van der Waals surface area contributed by atoms with Crippen LogP contribution >= 0.6 is 22.6 Å². The molecule has 0 unspecified atom stereocenters. The zero-order chi connectivity index (χ0) is 47.4. The van der Waals surface area contributed by atoms with Crippen molar-refractivity contribution in [2.45, 2.75) is 96.5 Å². The van der Waals surface area contributed by atoms with Gasteiger partial charge in [-0.25, -0.2) is 4.79 Å². The summed E-state index contributed by atoms with van der Waals surface area (Å²) in [5, 5.41) is 11.6. The molecule has 5 atom stereocenters. The van der Waals surface area contributed by atoms with Gasteiger partial charge in [0.15, 0.2) is 18.0 Å². The molecular weight excluding hydrogens is 941 g/mol. The fourth-order valence-electron chi connectivity index (χ4n) is 7.29. The van der Waals surface area contributed by atoms with Crippen LogP contribution in [0.4, 0.5) is 0 Å². The van der Waals surface area contributed by atoms with Crippen LogP contribution in [0.15, 0.2) is 84.9 Å². The second-order valence-electron chi connectivity index (χ2n) is 17.3. The van der Waals surface area contributed by atoms with E-state index in [1.54, 1.807) is 24.3 Å². The lowest BCUT2D eigenvalue weighted by Gasteiger charge is -2.32. The molecule has 0 bridgehead atoms. The Balaban J connectivity index is 1.53. The molecule has 1 aliphatic rings. The third kappa shape index (κ3) is 17.9. The number of benzene rings is 3. The molecule has 4 rings (SSSR count). The van der Waals surface area contributed by atoms with Crippen LogP contribution in [-0.4, -0.2) is 114 Å². The third-order valence-corrected chi connectivity index (χ3v) is 12.2. The van der Waals surface area contributed by atoms with Gasteiger partial charge in [0, 0.05) is 29.5 Å². The molecule has 4 amide bonds. The molecule has 65 heavy (non-hydrogen) atoms. The summed E-state index contributed by atoms with van der Waals surface area (Å²) in [6.07, 6.45) is 6.73. The number of ketones is 1. The number of hydrogen-bond donors (Lipinski definition) is 4. The highest BCUT2D eigenvalue weighted by molar-refractivity contribution is 14.1. The van der Waals surface area contributed by atoms with Crippen molar-refractivity contribution in [2.75, 3.05) is 43.9 Å². The highest BCUT2D eigenvalue weighted by atomic mass is 127. The highest BCUT2D eigenvalue weighted by Crippen LogP contribution is 2.22. The average Bonchev–Trinajstić information content (AvgIpc) is 3.29. The molecule has 0 aromatic heterocycles. The topological polar surface area (TPSA) is 181 Å². The van der Waals surface area contributed by atoms with Crippen LogP contribution in [0.5, 0.6) is 5.75 Å². The largest absolute Gasteiger partial charge is 0.482 e. The fourth-order valence-corrected chi connectivity index (χ4v) is 7.82. The summed E-state index contributed by atoms with van der Waals surface area (Å²) in [6, 6.07) is 21.0. The first-order valence-corrected chi connectivity index (χ1v) is 23.7. The third-order valence-electron chi connectivity index (χ3n) is 10.8. The maximum Gasteiger partial charge on any atom is 0.345 e. The van der Waals surface area contributed by atoms with E-state index in [9.17, 15) is 28.8 Å². The van der Waals surface area contributed by atoms with Gasteiger partial charge in [-0.15, -0.1) is 6.42 Å². The van der Waals surface area contributed by atoms with Gasteiger partial charge in [0.1, 0.15) is 23.9 Å². The predicted molar refractivity (Wildman–Crippen MR) is 257 cm³/mol. The van der Waals surface area contributed by atoms with E-state index in [-0.39, 0.29) is 54.4 Å². The van der Waals surface area contributed by atoms with Crippen molar-refractivity contribution in [1.29, 1.82) is 0 Å². The summed E-state index contributed by atoms with van der Waals surface area (Å²) in [5.41, 5.74) is 0.742. The molecule has 3 aromatic carbocycles. The number of nitrogens with zero attached hydrogens (tertiary/aromatic N) is 1. The molecule has 1 fully saturated rings. The fraction of sp³-hybridized carbons (Fsp3) is 0.480. The zero-order valence-corrected chi connectivity index (χ0v) is 40.3. The predicted octanol–water partition coefficient (Wildman–Crippen LogP) is 4.59. The molecule has 1 aliphatic heterocycles. The molecular formula is C50H64IN5O9. The summed E-state index contributed by atoms with van der Waals surface area (Å²) < 4.78 is 16.9. The second-order valence-corrected chi connectivity index (χ2v) is 18.1. The molecule has 4 N–H and O–H groups in total. The molecule has 1 saturated heterocycles. The number of Topliss-reactive ketones (excluding diaryl/α,β-unsaturated/α-hetero) is 1. The number of esters is 1. The van der Waals surface area contributed by atoms with E-state index < -0.39 is 65.8 Å². The van der Waals surface area contributed by atoms with Crippen LogP contribution in [0.2, 0.25) is 0 Å². The van der Waals surface area contributed by atoms with E-state index in [0.717, 1.165) is 11.1 Å².